The number of carbonyl (C=O) groups is 1. The first-order valence-electron chi connectivity index (χ1n) is 24.6. The molecule has 1 heterocycles. The van der Waals surface area contributed by atoms with E-state index in [4.69, 9.17) is 9.47 Å². The van der Waals surface area contributed by atoms with Crippen LogP contribution in [0.2, 0.25) is 0 Å². The van der Waals surface area contributed by atoms with Crippen LogP contribution in [-0.4, -0.2) is 87.5 Å². The summed E-state index contributed by atoms with van der Waals surface area (Å²) in [5.74, 6) is -0.169. The van der Waals surface area contributed by atoms with E-state index in [2.05, 4.69) is 129 Å². The SMILES string of the molecule is CC/C=C\C/C=C\C/C=C\C/C=C\C/C=C\C/C=C\C/C=C\C/C=C\C/C=C\CCCCCCCCCCCC(=O)NC(COC1OC(CO)C(O)C(O)C1O)C(O)CCCCC. The summed E-state index contributed by atoms with van der Waals surface area (Å²) < 4.78 is 11.1. The molecule has 9 heteroatoms. The van der Waals surface area contributed by atoms with Crippen molar-refractivity contribution < 1.29 is 39.8 Å². The molecule has 6 N–H and O–H groups in total. The number of amides is 1. The van der Waals surface area contributed by atoms with Gasteiger partial charge in [0, 0.05) is 6.42 Å². The van der Waals surface area contributed by atoms with Gasteiger partial charge in [0.25, 0.3) is 0 Å². The number of ether oxygens (including phenoxy) is 2. The second kappa shape index (κ2) is 42.8. The molecule has 0 aromatic rings. The first kappa shape index (κ1) is 57.9. The maximum Gasteiger partial charge on any atom is 0.220 e. The lowest BCUT2D eigenvalue weighted by Crippen LogP contribution is -2.60. The average Bonchev–Trinajstić information content (AvgIpc) is 3.28. The summed E-state index contributed by atoms with van der Waals surface area (Å²) in [4.78, 5) is 12.8. The topological polar surface area (TPSA) is 149 Å². The van der Waals surface area contributed by atoms with Crippen molar-refractivity contribution in [2.75, 3.05) is 13.2 Å². The Morgan fingerprint density at radius 2 is 0.984 bits per heavy atom. The predicted octanol–water partition coefficient (Wildman–Crippen LogP) is 11.1. The molecule has 1 aliphatic rings. The average molecular weight is 880 g/mol. The molecule has 0 saturated carbocycles. The third-order valence-electron chi connectivity index (χ3n) is 10.9. The zero-order valence-electron chi connectivity index (χ0n) is 39.3. The predicted molar refractivity (Wildman–Crippen MR) is 262 cm³/mol. The van der Waals surface area contributed by atoms with E-state index >= 15 is 0 Å². The minimum Gasteiger partial charge on any atom is -0.394 e. The molecule has 1 fully saturated rings. The van der Waals surface area contributed by atoms with Crippen LogP contribution < -0.4 is 5.32 Å². The molecule has 1 rings (SSSR count). The molecule has 9 nitrogen and oxygen atoms in total. The third-order valence-corrected chi connectivity index (χ3v) is 10.9. The highest BCUT2D eigenvalue weighted by atomic mass is 16.7. The van der Waals surface area contributed by atoms with Gasteiger partial charge in [0.05, 0.1) is 25.4 Å². The summed E-state index contributed by atoms with van der Waals surface area (Å²) in [5, 5.41) is 53.6. The number of unbranched alkanes of at least 4 members (excludes halogenated alkanes) is 11. The van der Waals surface area contributed by atoms with Crippen LogP contribution >= 0.6 is 0 Å². The van der Waals surface area contributed by atoms with Crippen LogP contribution in [0, 0.1) is 0 Å². The van der Waals surface area contributed by atoms with Crippen molar-refractivity contribution in [2.24, 2.45) is 0 Å². The first-order valence-corrected chi connectivity index (χ1v) is 24.6. The number of hydrogen-bond donors (Lipinski definition) is 6. The maximum atomic E-state index is 12.8. The molecular formula is C54H89NO8. The third kappa shape index (κ3) is 33.1. The number of aliphatic hydroxyl groups is 5. The molecule has 0 aromatic carbocycles. The summed E-state index contributed by atoms with van der Waals surface area (Å²) >= 11 is 0. The van der Waals surface area contributed by atoms with E-state index in [0.717, 1.165) is 109 Å². The lowest BCUT2D eigenvalue weighted by atomic mass is 9.99. The van der Waals surface area contributed by atoms with Crippen molar-refractivity contribution in [3.63, 3.8) is 0 Å². The van der Waals surface area contributed by atoms with Gasteiger partial charge in [-0.15, -0.1) is 0 Å². The van der Waals surface area contributed by atoms with Crippen LogP contribution in [0.5, 0.6) is 0 Å². The van der Waals surface area contributed by atoms with Crippen LogP contribution in [0.1, 0.15) is 168 Å². The Morgan fingerprint density at radius 3 is 1.43 bits per heavy atom. The van der Waals surface area contributed by atoms with Crippen LogP contribution in [0.4, 0.5) is 0 Å². The minimum absolute atomic E-state index is 0.152. The van der Waals surface area contributed by atoms with Gasteiger partial charge < -0.3 is 40.3 Å². The van der Waals surface area contributed by atoms with Crippen molar-refractivity contribution >= 4 is 5.91 Å². The molecule has 1 amide bonds. The highest BCUT2D eigenvalue weighted by Gasteiger charge is 2.44. The lowest BCUT2D eigenvalue weighted by Gasteiger charge is -2.40. The second-order valence-corrected chi connectivity index (χ2v) is 16.5. The van der Waals surface area contributed by atoms with E-state index in [0.29, 0.717) is 12.8 Å². The molecule has 0 bridgehead atoms. The van der Waals surface area contributed by atoms with Gasteiger partial charge in [-0.2, -0.15) is 0 Å². The quantitative estimate of drug-likeness (QED) is 0.0264. The highest BCUT2D eigenvalue weighted by Crippen LogP contribution is 2.23. The highest BCUT2D eigenvalue weighted by molar-refractivity contribution is 5.76. The molecule has 7 atom stereocenters. The van der Waals surface area contributed by atoms with Gasteiger partial charge in [-0.05, 0) is 83.5 Å². The lowest BCUT2D eigenvalue weighted by molar-refractivity contribution is -0.302. The van der Waals surface area contributed by atoms with Gasteiger partial charge in [0.15, 0.2) is 6.29 Å². The molecule has 1 saturated heterocycles. The first-order chi connectivity index (χ1) is 30.8. The normalized spacial score (nSPS) is 21.2. The Bertz CT molecular complexity index is 1340. The van der Waals surface area contributed by atoms with Gasteiger partial charge in [-0.3, -0.25) is 4.79 Å². The Balaban J connectivity index is 2.04. The number of aliphatic hydroxyl groups excluding tert-OH is 5. The summed E-state index contributed by atoms with van der Waals surface area (Å²) in [5.41, 5.74) is 0. The molecule has 358 valence electrons. The van der Waals surface area contributed by atoms with E-state index in [1.165, 1.54) is 32.1 Å². The molecule has 0 spiro atoms. The van der Waals surface area contributed by atoms with E-state index in [1.54, 1.807) is 0 Å². The summed E-state index contributed by atoms with van der Waals surface area (Å²) in [6.07, 6.45) is 56.4. The van der Waals surface area contributed by atoms with Crippen LogP contribution in [0.15, 0.2) is 109 Å². The molecule has 7 unspecified atom stereocenters. The zero-order valence-corrected chi connectivity index (χ0v) is 39.3. The summed E-state index contributed by atoms with van der Waals surface area (Å²) in [6, 6.07) is -0.724. The number of carbonyl (C=O) groups excluding carboxylic acids is 1. The van der Waals surface area contributed by atoms with E-state index in [9.17, 15) is 30.3 Å². The molecule has 0 aromatic heterocycles. The Morgan fingerprint density at radius 1 is 0.556 bits per heavy atom. The van der Waals surface area contributed by atoms with Crippen molar-refractivity contribution in [2.45, 2.75) is 211 Å². The van der Waals surface area contributed by atoms with Crippen LogP contribution in [0.25, 0.3) is 0 Å². The van der Waals surface area contributed by atoms with Crippen LogP contribution in [0.3, 0.4) is 0 Å². The fourth-order valence-corrected chi connectivity index (χ4v) is 6.97. The Kier molecular flexibility index (Phi) is 39.3. The molecule has 1 aliphatic heterocycles. The van der Waals surface area contributed by atoms with Crippen molar-refractivity contribution in [1.82, 2.24) is 5.32 Å². The van der Waals surface area contributed by atoms with Crippen molar-refractivity contribution in [3.05, 3.63) is 109 Å². The van der Waals surface area contributed by atoms with E-state index < -0.39 is 49.5 Å². The zero-order chi connectivity index (χ0) is 45.9. The van der Waals surface area contributed by atoms with E-state index in [1.807, 2.05) is 0 Å². The second-order valence-electron chi connectivity index (χ2n) is 16.5. The van der Waals surface area contributed by atoms with E-state index in [-0.39, 0.29) is 12.5 Å². The Hall–Kier alpha value is -3.15. The van der Waals surface area contributed by atoms with Gasteiger partial charge in [-0.1, -0.05) is 187 Å². The standard InChI is InChI=1S/C54H89NO8/c1-3-5-7-8-9-10-11-12-13-14-15-16-17-18-19-20-21-22-23-24-25-26-27-28-29-30-31-32-33-34-35-36-37-38-39-40-42-44-50(58)55-47(48(57)43-41-6-4-2)46-62-54-53(61)52(60)51(59)49(45-56)63-54/h5,7,9-10,12-13,15-16,18-19,21-22,24-25,27-28,30-31,47-49,51-54,56-57,59-61H,3-4,6,8,11,14,17,20,23,26,29,32-46H2,1-2H3,(H,55,58)/b7-5-,10-9-,13-12-,16-15-,19-18-,22-21-,25-24-,28-27-,31-30-. The van der Waals surface area contributed by atoms with Gasteiger partial charge in [0.1, 0.15) is 24.4 Å². The summed E-state index contributed by atoms with van der Waals surface area (Å²) in [7, 11) is 0. The fraction of sp³-hybridized carbons (Fsp3) is 0.648. The summed E-state index contributed by atoms with van der Waals surface area (Å²) in [6.45, 7) is 3.52. The number of rotatable bonds is 39. The van der Waals surface area contributed by atoms with Crippen molar-refractivity contribution in [3.8, 4) is 0 Å². The number of allylic oxidation sites excluding steroid dienone is 18. The number of hydrogen-bond acceptors (Lipinski definition) is 8. The van der Waals surface area contributed by atoms with Crippen molar-refractivity contribution in [1.29, 1.82) is 0 Å². The molecular weight excluding hydrogens is 791 g/mol. The van der Waals surface area contributed by atoms with Crippen LogP contribution in [-0.2, 0) is 14.3 Å². The monoisotopic (exact) mass is 880 g/mol. The molecule has 0 aliphatic carbocycles. The Labute approximate surface area is 383 Å². The minimum atomic E-state index is -1.56. The van der Waals surface area contributed by atoms with Gasteiger partial charge in [-0.25, -0.2) is 0 Å². The maximum absolute atomic E-state index is 12.8. The van der Waals surface area contributed by atoms with Gasteiger partial charge in [0.2, 0.25) is 5.91 Å². The largest absolute Gasteiger partial charge is 0.394 e. The van der Waals surface area contributed by atoms with Gasteiger partial charge >= 0.3 is 0 Å². The number of nitrogens with one attached hydrogen (secondary N) is 1. The smallest absolute Gasteiger partial charge is 0.220 e. The molecule has 0 radical (unpaired) electrons. The molecule has 63 heavy (non-hydrogen) atoms. The fourth-order valence-electron chi connectivity index (χ4n) is 6.97.